The number of carboxylic acid groups (broad SMARTS) is 1. The normalized spacial score (nSPS) is 13.8. The van der Waals surface area contributed by atoms with Crippen LogP contribution in [0.5, 0.6) is 0 Å². The summed E-state index contributed by atoms with van der Waals surface area (Å²) in [7, 11) is 0. The second kappa shape index (κ2) is 15.1. The van der Waals surface area contributed by atoms with E-state index < -0.39 is 53.8 Å². The fraction of sp³-hybridized carbons (Fsp3) is 0.440. The van der Waals surface area contributed by atoms with Crippen molar-refractivity contribution in [1.29, 1.82) is 0 Å². The summed E-state index contributed by atoms with van der Waals surface area (Å²) in [6, 6.07) is 2.94. The first-order chi connectivity index (χ1) is 18.9. The van der Waals surface area contributed by atoms with Crippen LogP contribution in [-0.2, 0) is 30.4 Å². The number of carbonyl (C=O) groups is 5. The Kier molecular flexibility index (Phi) is 11.9. The van der Waals surface area contributed by atoms with Gasteiger partial charge in [0.05, 0.1) is 6.04 Å². The Balaban J connectivity index is 2.05. The summed E-state index contributed by atoms with van der Waals surface area (Å²) in [4.78, 5) is 68.0. The molecule has 4 amide bonds. The third-order valence-electron chi connectivity index (χ3n) is 6.08. The van der Waals surface area contributed by atoms with Gasteiger partial charge in [-0.1, -0.05) is 18.2 Å². The average Bonchev–Trinajstić information content (AvgIpc) is 3.30. The first-order valence-electron chi connectivity index (χ1n) is 12.7. The number of amides is 4. The molecule has 0 bridgehead atoms. The molecule has 0 aliphatic heterocycles. The van der Waals surface area contributed by atoms with E-state index in [2.05, 4.69) is 25.9 Å². The van der Waals surface area contributed by atoms with Gasteiger partial charge in [-0.25, -0.2) is 4.79 Å². The van der Waals surface area contributed by atoms with Gasteiger partial charge in [0.2, 0.25) is 23.6 Å². The van der Waals surface area contributed by atoms with Crippen LogP contribution < -0.4 is 38.9 Å². The van der Waals surface area contributed by atoms with E-state index in [0.717, 1.165) is 16.5 Å². The Morgan fingerprint density at radius 1 is 0.950 bits per heavy atom. The fourth-order valence-electron chi connectivity index (χ4n) is 3.90. The lowest BCUT2D eigenvalue weighted by Gasteiger charge is -2.23. The molecule has 15 heteroatoms. The molecule has 4 atom stereocenters. The molecule has 2 rings (SSSR count). The van der Waals surface area contributed by atoms with Gasteiger partial charge in [0, 0.05) is 30.1 Å². The molecule has 218 valence electrons. The highest BCUT2D eigenvalue weighted by atomic mass is 16.4. The Morgan fingerprint density at radius 2 is 1.62 bits per heavy atom. The van der Waals surface area contributed by atoms with E-state index in [1.54, 1.807) is 6.20 Å². The molecule has 40 heavy (non-hydrogen) atoms. The monoisotopic (exact) mass is 559 g/mol. The van der Waals surface area contributed by atoms with E-state index in [1.165, 1.54) is 6.92 Å². The lowest BCUT2D eigenvalue weighted by Crippen LogP contribution is -2.56. The van der Waals surface area contributed by atoms with Crippen molar-refractivity contribution < 1.29 is 29.1 Å². The predicted octanol–water partition coefficient (Wildman–Crippen LogP) is -2.08. The van der Waals surface area contributed by atoms with Crippen LogP contribution in [-0.4, -0.2) is 76.4 Å². The van der Waals surface area contributed by atoms with Gasteiger partial charge in [-0.3, -0.25) is 24.2 Å². The van der Waals surface area contributed by atoms with E-state index in [4.69, 9.17) is 22.9 Å². The van der Waals surface area contributed by atoms with Gasteiger partial charge in [0.25, 0.3) is 0 Å². The number of H-pyrrole nitrogens is 1. The maximum atomic E-state index is 13.1. The molecule has 1 aromatic carbocycles. The third kappa shape index (κ3) is 9.90. The van der Waals surface area contributed by atoms with Gasteiger partial charge >= 0.3 is 5.97 Å². The zero-order valence-electron chi connectivity index (χ0n) is 22.2. The molecule has 0 saturated heterocycles. The number of rotatable bonds is 16. The van der Waals surface area contributed by atoms with Crippen LogP contribution in [0, 0.1) is 0 Å². The molecule has 0 radical (unpaired) electrons. The number of carboxylic acids is 1. The second-order valence-electron chi connectivity index (χ2n) is 9.31. The molecule has 0 aliphatic carbocycles. The van der Waals surface area contributed by atoms with E-state index in [1.807, 2.05) is 24.3 Å². The number of nitrogens with one attached hydrogen (secondary N) is 4. The molecule has 13 N–H and O–H groups in total. The smallest absolute Gasteiger partial charge is 0.326 e. The first-order valence-corrected chi connectivity index (χ1v) is 12.7. The van der Waals surface area contributed by atoms with Gasteiger partial charge in [-0.15, -0.1) is 0 Å². The maximum Gasteiger partial charge on any atom is 0.326 e. The van der Waals surface area contributed by atoms with E-state index >= 15 is 0 Å². The summed E-state index contributed by atoms with van der Waals surface area (Å²) >= 11 is 0. The highest BCUT2D eigenvalue weighted by Gasteiger charge is 2.28. The summed E-state index contributed by atoms with van der Waals surface area (Å²) in [6.45, 7) is 1.54. The van der Waals surface area contributed by atoms with Crippen LogP contribution in [0.25, 0.3) is 10.9 Å². The molecule has 0 spiro atoms. The van der Waals surface area contributed by atoms with Crippen LogP contribution in [0.3, 0.4) is 0 Å². The number of nitrogens with two attached hydrogens (primary N) is 4. The lowest BCUT2D eigenvalue weighted by atomic mass is 10.0. The largest absolute Gasteiger partial charge is 0.480 e. The molecule has 4 unspecified atom stereocenters. The Morgan fingerprint density at radius 3 is 2.27 bits per heavy atom. The minimum absolute atomic E-state index is 0.124. The molecule has 1 heterocycles. The number of hydrogen-bond acceptors (Lipinski definition) is 7. The van der Waals surface area contributed by atoms with Gasteiger partial charge in [-0.2, -0.15) is 0 Å². The van der Waals surface area contributed by atoms with Crippen molar-refractivity contribution in [2.45, 2.75) is 63.2 Å². The number of fused-ring (bicyclic) bond motifs is 1. The number of nitrogens with zero attached hydrogens (tertiary/aromatic N) is 1. The molecule has 0 fully saturated rings. The summed E-state index contributed by atoms with van der Waals surface area (Å²) in [6.07, 6.45) is 1.96. The minimum Gasteiger partial charge on any atom is -0.480 e. The van der Waals surface area contributed by atoms with Crippen molar-refractivity contribution in [3.8, 4) is 0 Å². The number of carbonyl (C=O) groups excluding carboxylic acids is 4. The van der Waals surface area contributed by atoms with Crippen molar-refractivity contribution in [1.82, 2.24) is 20.9 Å². The Hall–Kier alpha value is -4.66. The van der Waals surface area contributed by atoms with E-state index in [0.29, 0.717) is 6.42 Å². The minimum atomic E-state index is -1.38. The van der Waals surface area contributed by atoms with Gasteiger partial charge < -0.3 is 49.0 Å². The van der Waals surface area contributed by atoms with Crippen molar-refractivity contribution in [2.24, 2.45) is 27.9 Å². The molecule has 15 nitrogen and oxygen atoms in total. The first kappa shape index (κ1) is 31.6. The fourth-order valence-corrected chi connectivity index (χ4v) is 3.90. The van der Waals surface area contributed by atoms with Gasteiger partial charge in [0.1, 0.15) is 18.1 Å². The average molecular weight is 560 g/mol. The number of benzene rings is 1. The zero-order valence-corrected chi connectivity index (χ0v) is 22.2. The van der Waals surface area contributed by atoms with E-state index in [-0.39, 0.29) is 38.2 Å². The van der Waals surface area contributed by atoms with Crippen LogP contribution in [0.1, 0.15) is 38.2 Å². The predicted molar refractivity (Wildman–Crippen MR) is 147 cm³/mol. The summed E-state index contributed by atoms with van der Waals surface area (Å²) in [5.74, 6) is -4.27. The third-order valence-corrected chi connectivity index (χ3v) is 6.08. The van der Waals surface area contributed by atoms with Crippen molar-refractivity contribution in [3.05, 3.63) is 36.0 Å². The van der Waals surface area contributed by atoms with Crippen LogP contribution in [0.4, 0.5) is 0 Å². The quantitative estimate of drug-likeness (QED) is 0.0619. The number of aromatic amines is 1. The zero-order chi connectivity index (χ0) is 29.8. The molecular formula is C25H37N9O6. The van der Waals surface area contributed by atoms with Crippen molar-refractivity contribution in [2.75, 3.05) is 6.54 Å². The van der Waals surface area contributed by atoms with Crippen LogP contribution >= 0.6 is 0 Å². The van der Waals surface area contributed by atoms with Gasteiger partial charge in [0.15, 0.2) is 5.96 Å². The lowest BCUT2D eigenvalue weighted by molar-refractivity contribution is -0.142. The number of aliphatic carboxylic acids is 1. The van der Waals surface area contributed by atoms with E-state index in [9.17, 15) is 29.1 Å². The number of primary amides is 1. The molecule has 2 aromatic rings. The molecular weight excluding hydrogens is 522 g/mol. The topological polar surface area (TPSA) is 274 Å². The Labute approximate surface area is 230 Å². The summed E-state index contributed by atoms with van der Waals surface area (Å²) in [5, 5.41) is 17.6. The highest BCUT2D eigenvalue weighted by Crippen LogP contribution is 2.18. The van der Waals surface area contributed by atoms with Crippen molar-refractivity contribution >= 4 is 46.5 Å². The number of para-hydroxylation sites is 1. The number of guanidine groups is 1. The SMILES string of the molecule is CC(NC(=O)C(CCCN=C(N)N)NC(=O)C(N)Cc1c[nH]c2ccccc12)C(=O)NC(CCC(N)=O)C(=O)O. The number of hydrogen-bond donors (Lipinski definition) is 9. The van der Waals surface area contributed by atoms with Gasteiger partial charge in [-0.05, 0) is 44.2 Å². The molecule has 0 saturated carbocycles. The van der Waals surface area contributed by atoms with Crippen molar-refractivity contribution in [3.63, 3.8) is 0 Å². The second-order valence-corrected chi connectivity index (χ2v) is 9.31. The number of aromatic nitrogens is 1. The Bertz CT molecular complexity index is 1240. The van der Waals surface area contributed by atoms with Crippen LogP contribution in [0.15, 0.2) is 35.5 Å². The standard InChI is InChI=1S/C25H37N9O6/c1-13(21(36)34-19(24(39)40)8-9-20(27)35)32-23(38)18(7-4-10-30-25(28)29)33-22(37)16(26)11-14-12-31-17-6-3-2-5-15(14)17/h2-3,5-6,12-13,16,18-19,31H,4,7-11,26H2,1H3,(H2,27,35)(H,32,38)(H,33,37)(H,34,36)(H,39,40)(H4,28,29,30). The maximum absolute atomic E-state index is 13.1. The number of aliphatic imine (C=N–C) groups is 1. The summed E-state index contributed by atoms with van der Waals surface area (Å²) in [5.41, 5.74) is 23.6. The highest BCUT2D eigenvalue weighted by molar-refractivity contribution is 5.94. The summed E-state index contributed by atoms with van der Waals surface area (Å²) < 4.78 is 0. The molecule has 0 aliphatic rings. The molecule has 1 aromatic heterocycles. The van der Waals surface area contributed by atoms with Crippen LogP contribution in [0.2, 0.25) is 0 Å².